The molecule has 1 fully saturated rings. The van der Waals surface area contributed by atoms with Crippen molar-refractivity contribution in [2.24, 2.45) is 5.92 Å². The summed E-state index contributed by atoms with van der Waals surface area (Å²) >= 11 is 5.80. The zero-order chi connectivity index (χ0) is 15.9. The molecule has 1 aliphatic heterocycles. The van der Waals surface area contributed by atoms with E-state index in [2.05, 4.69) is 10.2 Å². The van der Waals surface area contributed by atoms with Crippen molar-refractivity contribution in [3.05, 3.63) is 34.9 Å². The van der Waals surface area contributed by atoms with E-state index in [0.29, 0.717) is 30.4 Å². The van der Waals surface area contributed by atoms with Gasteiger partial charge in [0, 0.05) is 17.1 Å². The molecule has 0 aromatic heterocycles. The van der Waals surface area contributed by atoms with Crippen LogP contribution in [0.25, 0.3) is 0 Å². The van der Waals surface area contributed by atoms with E-state index in [-0.39, 0.29) is 17.8 Å². The van der Waals surface area contributed by atoms with Gasteiger partial charge in [-0.15, -0.1) is 0 Å². The Morgan fingerprint density at radius 3 is 2.77 bits per heavy atom. The number of carbonyl (C=O) groups is 2. The Morgan fingerprint density at radius 2 is 2.09 bits per heavy atom. The monoisotopic (exact) mass is 324 g/mol. The van der Waals surface area contributed by atoms with Gasteiger partial charge in [0.1, 0.15) is 0 Å². The fourth-order valence-corrected chi connectivity index (χ4v) is 2.66. The Kier molecular flexibility index (Phi) is 6.21. The number of nitrogens with one attached hydrogen (secondary N) is 1. The van der Waals surface area contributed by atoms with E-state index in [9.17, 15) is 9.59 Å². The normalized spacial score (nSPS) is 18.7. The van der Waals surface area contributed by atoms with Crippen molar-refractivity contribution in [1.82, 2.24) is 10.2 Å². The third-order valence-corrected chi connectivity index (χ3v) is 3.95. The van der Waals surface area contributed by atoms with Gasteiger partial charge in [0.25, 0.3) is 5.91 Å². The van der Waals surface area contributed by atoms with Crippen LogP contribution in [0.15, 0.2) is 24.3 Å². The lowest BCUT2D eigenvalue weighted by molar-refractivity contribution is -0.149. The van der Waals surface area contributed by atoms with Gasteiger partial charge in [-0.1, -0.05) is 11.6 Å². The summed E-state index contributed by atoms with van der Waals surface area (Å²) in [4.78, 5) is 25.9. The summed E-state index contributed by atoms with van der Waals surface area (Å²) in [5.74, 6) is -0.382. The van der Waals surface area contributed by atoms with Gasteiger partial charge in [0.15, 0.2) is 0 Å². The molecule has 1 aromatic carbocycles. The van der Waals surface area contributed by atoms with E-state index >= 15 is 0 Å². The molecule has 0 bridgehead atoms. The van der Waals surface area contributed by atoms with Crippen molar-refractivity contribution in [2.75, 3.05) is 26.4 Å². The number of benzene rings is 1. The van der Waals surface area contributed by atoms with Crippen LogP contribution in [0.3, 0.4) is 0 Å². The molecule has 1 N–H and O–H groups in total. The Hall–Kier alpha value is -1.59. The first kappa shape index (κ1) is 16.8. The molecule has 0 radical (unpaired) electrons. The highest BCUT2D eigenvalue weighted by Gasteiger charge is 2.26. The molecule has 1 atom stereocenters. The van der Waals surface area contributed by atoms with Gasteiger partial charge in [0.05, 0.1) is 19.2 Å². The number of nitrogens with zero attached hydrogens (tertiary/aromatic N) is 1. The summed E-state index contributed by atoms with van der Waals surface area (Å²) in [5.41, 5.74) is 0.573. The first-order valence-electron chi connectivity index (χ1n) is 7.53. The van der Waals surface area contributed by atoms with Crippen LogP contribution in [0.1, 0.15) is 30.1 Å². The number of esters is 1. The SMILES string of the molecule is CCOC(=O)C1CCCN(CNC(=O)c2ccc(Cl)cc2)C1. The number of hydrogen-bond donors (Lipinski definition) is 1. The maximum atomic E-state index is 12.0. The number of piperidine rings is 1. The highest BCUT2D eigenvalue weighted by molar-refractivity contribution is 6.30. The van der Waals surface area contributed by atoms with Crippen molar-refractivity contribution in [3.8, 4) is 0 Å². The number of halogens is 1. The molecular weight excluding hydrogens is 304 g/mol. The fourth-order valence-electron chi connectivity index (χ4n) is 2.54. The number of hydrogen-bond acceptors (Lipinski definition) is 4. The van der Waals surface area contributed by atoms with Crippen LogP contribution in [0.5, 0.6) is 0 Å². The molecule has 0 aliphatic carbocycles. The molecule has 1 amide bonds. The minimum absolute atomic E-state index is 0.0962. The molecule has 1 aliphatic rings. The molecule has 0 spiro atoms. The zero-order valence-corrected chi connectivity index (χ0v) is 13.4. The van der Waals surface area contributed by atoms with Crippen molar-refractivity contribution in [1.29, 1.82) is 0 Å². The lowest BCUT2D eigenvalue weighted by Gasteiger charge is -2.31. The molecule has 6 heteroatoms. The third-order valence-electron chi connectivity index (χ3n) is 3.70. The molecule has 1 heterocycles. The van der Waals surface area contributed by atoms with Crippen molar-refractivity contribution >= 4 is 23.5 Å². The average Bonchev–Trinajstić information content (AvgIpc) is 2.54. The molecule has 5 nitrogen and oxygen atoms in total. The van der Waals surface area contributed by atoms with Gasteiger partial charge in [-0.25, -0.2) is 0 Å². The van der Waals surface area contributed by atoms with E-state index < -0.39 is 0 Å². The maximum Gasteiger partial charge on any atom is 0.310 e. The first-order chi connectivity index (χ1) is 10.6. The second-order valence-corrected chi connectivity index (χ2v) is 5.78. The Labute approximate surface area is 135 Å². The molecule has 1 unspecified atom stereocenters. The minimum Gasteiger partial charge on any atom is -0.466 e. The van der Waals surface area contributed by atoms with Gasteiger partial charge >= 0.3 is 5.97 Å². The Bertz CT molecular complexity index is 519. The molecule has 2 rings (SSSR count). The van der Waals surface area contributed by atoms with E-state index in [0.717, 1.165) is 19.4 Å². The summed E-state index contributed by atoms with van der Waals surface area (Å²) in [6.45, 7) is 4.14. The van der Waals surface area contributed by atoms with E-state index in [1.807, 2.05) is 6.92 Å². The lowest BCUT2D eigenvalue weighted by atomic mass is 9.98. The topological polar surface area (TPSA) is 58.6 Å². The number of carbonyl (C=O) groups excluding carboxylic acids is 2. The Morgan fingerprint density at radius 1 is 1.36 bits per heavy atom. The van der Waals surface area contributed by atoms with Gasteiger partial charge in [-0.05, 0) is 50.6 Å². The van der Waals surface area contributed by atoms with E-state index in [1.54, 1.807) is 24.3 Å². The predicted molar refractivity (Wildman–Crippen MR) is 84.7 cm³/mol. The molecule has 1 saturated heterocycles. The first-order valence-corrected chi connectivity index (χ1v) is 7.90. The number of amides is 1. The van der Waals surface area contributed by atoms with Crippen LogP contribution in [0.4, 0.5) is 0 Å². The van der Waals surface area contributed by atoms with E-state index in [4.69, 9.17) is 16.3 Å². The predicted octanol–water partition coefficient (Wildman–Crippen LogP) is 2.30. The van der Waals surface area contributed by atoms with Crippen molar-refractivity contribution in [2.45, 2.75) is 19.8 Å². The van der Waals surface area contributed by atoms with Gasteiger partial charge < -0.3 is 10.1 Å². The Balaban J connectivity index is 1.82. The third kappa shape index (κ3) is 4.71. The smallest absolute Gasteiger partial charge is 0.310 e. The molecule has 0 saturated carbocycles. The number of likely N-dealkylation sites (tertiary alicyclic amines) is 1. The molecule has 120 valence electrons. The van der Waals surface area contributed by atoms with Crippen LogP contribution in [0, 0.1) is 5.92 Å². The summed E-state index contributed by atoms with van der Waals surface area (Å²) in [6, 6.07) is 6.76. The standard InChI is InChI=1S/C16H21ClN2O3/c1-2-22-16(21)13-4-3-9-19(10-13)11-18-15(20)12-5-7-14(17)8-6-12/h5-8,13H,2-4,9-11H2,1H3,(H,18,20). The highest BCUT2D eigenvalue weighted by atomic mass is 35.5. The van der Waals surface area contributed by atoms with Crippen molar-refractivity contribution < 1.29 is 14.3 Å². The van der Waals surface area contributed by atoms with Crippen LogP contribution in [-0.4, -0.2) is 43.1 Å². The van der Waals surface area contributed by atoms with Crippen LogP contribution in [-0.2, 0) is 9.53 Å². The van der Waals surface area contributed by atoms with E-state index in [1.165, 1.54) is 0 Å². The second kappa shape index (κ2) is 8.15. The second-order valence-electron chi connectivity index (χ2n) is 5.34. The minimum atomic E-state index is -0.144. The summed E-state index contributed by atoms with van der Waals surface area (Å²) in [6.07, 6.45) is 1.78. The van der Waals surface area contributed by atoms with Crippen LogP contribution < -0.4 is 5.32 Å². The zero-order valence-electron chi connectivity index (χ0n) is 12.7. The fraction of sp³-hybridized carbons (Fsp3) is 0.500. The molecule has 22 heavy (non-hydrogen) atoms. The largest absolute Gasteiger partial charge is 0.466 e. The number of rotatable bonds is 5. The van der Waals surface area contributed by atoms with Gasteiger partial charge in [0.2, 0.25) is 0 Å². The molecule has 1 aromatic rings. The van der Waals surface area contributed by atoms with Gasteiger partial charge in [-0.3, -0.25) is 14.5 Å². The summed E-state index contributed by atoms with van der Waals surface area (Å²) < 4.78 is 5.07. The maximum absolute atomic E-state index is 12.0. The molecular formula is C16H21ClN2O3. The van der Waals surface area contributed by atoms with Crippen LogP contribution >= 0.6 is 11.6 Å². The summed E-state index contributed by atoms with van der Waals surface area (Å²) in [5, 5.41) is 3.47. The van der Waals surface area contributed by atoms with Crippen LogP contribution in [0.2, 0.25) is 5.02 Å². The van der Waals surface area contributed by atoms with Crippen molar-refractivity contribution in [3.63, 3.8) is 0 Å². The average molecular weight is 325 g/mol. The van der Waals surface area contributed by atoms with Gasteiger partial charge in [-0.2, -0.15) is 0 Å². The number of ether oxygens (including phenoxy) is 1. The highest BCUT2D eigenvalue weighted by Crippen LogP contribution is 2.17. The summed E-state index contributed by atoms with van der Waals surface area (Å²) in [7, 11) is 0. The quantitative estimate of drug-likeness (QED) is 0.844. The lowest BCUT2D eigenvalue weighted by Crippen LogP contribution is -2.45.